The van der Waals surface area contributed by atoms with Gasteiger partial charge in [0.15, 0.2) is 0 Å². The van der Waals surface area contributed by atoms with E-state index in [0.29, 0.717) is 24.3 Å². The summed E-state index contributed by atoms with van der Waals surface area (Å²) in [6, 6.07) is 28.8. The fourth-order valence-electron chi connectivity index (χ4n) is 4.20. The first-order chi connectivity index (χ1) is 20.2. The van der Waals surface area contributed by atoms with Crippen LogP contribution >= 0.6 is 0 Å². The molecule has 213 valence electrons. The van der Waals surface area contributed by atoms with Crippen LogP contribution in [0.4, 0.5) is 4.39 Å². The summed E-state index contributed by atoms with van der Waals surface area (Å²) in [5.74, 6) is 13.0. The maximum absolute atomic E-state index is 15.3. The molecule has 0 spiro atoms. The molecule has 0 heterocycles. The van der Waals surface area contributed by atoms with E-state index < -0.39 is 8.80 Å². The highest BCUT2D eigenvalue weighted by Crippen LogP contribution is 2.29. The Labute approximate surface area is 252 Å². The largest absolute Gasteiger partial charge is 0.489 e. The average Bonchev–Trinajstić information content (AvgIpc) is 3.00. The molecule has 0 aromatic heterocycles. The van der Waals surface area contributed by atoms with Crippen molar-refractivity contribution >= 4 is 8.80 Å². The van der Waals surface area contributed by atoms with Crippen molar-refractivity contribution < 1.29 is 13.9 Å². The average molecular weight is 574 g/mol. The van der Waals surface area contributed by atoms with Crippen LogP contribution in [-0.2, 0) is 17.8 Å². The van der Waals surface area contributed by atoms with Crippen LogP contribution in [0.15, 0.2) is 91.0 Å². The molecule has 4 aromatic rings. The number of halogens is 1. The van der Waals surface area contributed by atoms with E-state index >= 15 is 4.39 Å². The molecule has 0 aliphatic heterocycles. The second-order valence-corrected chi connectivity index (χ2v) is 14.5. The molecule has 0 unspecified atom stereocenters. The van der Waals surface area contributed by atoms with E-state index in [4.69, 9.17) is 9.47 Å². The maximum Gasteiger partial charge on any atom is 0.132 e. The van der Waals surface area contributed by atoms with Crippen LogP contribution in [0.25, 0.3) is 11.1 Å². The highest BCUT2D eigenvalue weighted by molar-refractivity contribution is 6.59. The van der Waals surface area contributed by atoms with Crippen molar-refractivity contribution in [3.05, 3.63) is 125 Å². The first kappa shape index (κ1) is 30.9. The first-order valence-corrected chi connectivity index (χ1v) is 16.8. The van der Waals surface area contributed by atoms with E-state index in [0.717, 1.165) is 46.6 Å². The summed E-state index contributed by atoms with van der Waals surface area (Å²) in [7, 11) is -0.438. The van der Waals surface area contributed by atoms with Crippen molar-refractivity contribution in [1.29, 1.82) is 0 Å². The summed E-state index contributed by atoms with van der Waals surface area (Å²) >= 11 is 0. The van der Waals surface area contributed by atoms with Gasteiger partial charge in [0.1, 0.15) is 24.8 Å². The predicted molar refractivity (Wildman–Crippen MR) is 174 cm³/mol. The number of aryl methyl sites for hydroxylation is 1. The van der Waals surface area contributed by atoms with Crippen LogP contribution in [0.1, 0.15) is 48.6 Å². The molecule has 0 atom stereocenters. The number of benzene rings is 4. The van der Waals surface area contributed by atoms with Gasteiger partial charge in [-0.2, -0.15) is 0 Å². The number of rotatable bonds is 9. The third-order valence-corrected chi connectivity index (χ3v) is 10.3. The summed E-state index contributed by atoms with van der Waals surface area (Å²) < 4.78 is 26.9. The second kappa shape index (κ2) is 14.7. The Kier molecular flexibility index (Phi) is 10.8. The van der Waals surface area contributed by atoms with Gasteiger partial charge in [-0.1, -0.05) is 100 Å². The minimum atomic E-state index is -0.438. The lowest BCUT2D eigenvalue weighted by atomic mass is 9.95. The molecule has 0 saturated heterocycles. The molecular formula is C38H38FO2Si. The molecule has 0 amide bonds. The lowest BCUT2D eigenvalue weighted by Gasteiger charge is -2.27. The summed E-state index contributed by atoms with van der Waals surface area (Å²) in [4.78, 5) is 0. The maximum atomic E-state index is 15.3. The van der Waals surface area contributed by atoms with Gasteiger partial charge < -0.3 is 9.47 Å². The zero-order valence-corrected chi connectivity index (χ0v) is 26.2. The first-order valence-electron chi connectivity index (χ1n) is 14.3. The highest BCUT2D eigenvalue weighted by atomic mass is 28.3. The molecule has 4 rings (SSSR count). The molecular weight excluding hydrogens is 536 g/mol. The normalized spacial score (nSPS) is 10.9. The van der Waals surface area contributed by atoms with E-state index in [2.05, 4.69) is 57.5 Å². The zero-order chi connectivity index (χ0) is 30.0. The van der Waals surface area contributed by atoms with E-state index in [-0.39, 0.29) is 10.9 Å². The lowest BCUT2D eigenvalue weighted by Crippen LogP contribution is -2.26. The van der Waals surface area contributed by atoms with Crippen LogP contribution in [0.2, 0.25) is 18.1 Å². The Balaban J connectivity index is 1.39. The number of hydrogen-bond donors (Lipinski definition) is 0. The van der Waals surface area contributed by atoms with E-state index in [9.17, 15) is 0 Å². The monoisotopic (exact) mass is 573 g/mol. The molecule has 0 saturated carbocycles. The Morgan fingerprint density at radius 2 is 1.40 bits per heavy atom. The SMILES string of the molecule is CCc1cc(C#CCOCC(C)(C)[Si](C)C)ccc1-c1ccc(C#Cc2ccc(OCc3ccccc3)cc2)cc1F. The molecule has 0 N–H and O–H groups in total. The Morgan fingerprint density at radius 3 is 2.07 bits per heavy atom. The van der Waals surface area contributed by atoms with E-state index in [1.807, 2.05) is 84.9 Å². The third kappa shape index (κ3) is 8.70. The molecule has 4 heteroatoms. The molecule has 4 aromatic carbocycles. The van der Waals surface area contributed by atoms with E-state index in [1.54, 1.807) is 0 Å². The van der Waals surface area contributed by atoms with Gasteiger partial charge in [0, 0.05) is 22.3 Å². The van der Waals surface area contributed by atoms with Gasteiger partial charge in [0.05, 0.1) is 15.4 Å². The second-order valence-electron chi connectivity index (χ2n) is 11.1. The topological polar surface area (TPSA) is 18.5 Å². The zero-order valence-electron chi connectivity index (χ0n) is 25.2. The molecule has 0 bridgehead atoms. The van der Waals surface area contributed by atoms with Gasteiger partial charge >= 0.3 is 0 Å². The van der Waals surface area contributed by atoms with Crippen LogP contribution in [0, 0.1) is 29.5 Å². The van der Waals surface area contributed by atoms with Gasteiger partial charge in [-0.15, -0.1) is 0 Å². The van der Waals surface area contributed by atoms with Crippen molar-refractivity contribution in [2.24, 2.45) is 0 Å². The predicted octanol–water partition coefficient (Wildman–Crippen LogP) is 8.94. The van der Waals surface area contributed by atoms with Crippen molar-refractivity contribution in [1.82, 2.24) is 0 Å². The van der Waals surface area contributed by atoms with Gasteiger partial charge in [0.25, 0.3) is 0 Å². The van der Waals surface area contributed by atoms with Crippen LogP contribution in [0.3, 0.4) is 0 Å². The molecule has 0 aliphatic rings. The fraction of sp³-hybridized carbons (Fsp3) is 0.263. The molecule has 0 fully saturated rings. The summed E-state index contributed by atoms with van der Waals surface area (Å²) in [6.45, 7) is 12.8. The number of ether oxygens (including phenoxy) is 2. The minimum absolute atomic E-state index is 0.221. The minimum Gasteiger partial charge on any atom is -0.489 e. The van der Waals surface area contributed by atoms with Gasteiger partial charge in [0.2, 0.25) is 0 Å². The molecule has 42 heavy (non-hydrogen) atoms. The molecule has 0 aliphatic carbocycles. The van der Waals surface area contributed by atoms with Crippen LogP contribution in [0.5, 0.6) is 5.75 Å². The quantitative estimate of drug-likeness (QED) is 0.113. The highest BCUT2D eigenvalue weighted by Gasteiger charge is 2.23. The Morgan fingerprint density at radius 1 is 0.762 bits per heavy atom. The summed E-state index contributed by atoms with van der Waals surface area (Å²) in [5.41, 5.74) is 6.00. The number of hydrogen-bond acceptors (Lipinski definition) is 2. The lowest BCUT2D eigenvalue weighted by molar-refractivity contribution is 0.143. The van der Waals surface area contributed by atoms with Gasteiger partial charge in [-0.3, -0.25) is 0 Å². The van der Waals surface area contributed by atoms with E-state index in [1.165, 1.54) is 6.07 Å². The fourth-order valence-corrected chi connectivity index (χ4v) is 4.59. The third-order valence-electron chi connectivity index (χ3n) is 7.42. The van der Waals surface area contributed by atoms with Crippen molar-refractivity contribution in [3.63, 3.8) is 0 Å². The molecule has 1 radical (unpaired) electrons. The molecule has 2 nitrogen and oxygen atoms in total. The van der Waals surface area contributed by atoms with Crippen LogP contribution in [-0.4, -0.2) is 22.0 Å². The summed E-state index contributed by atoms with van der Waals surface area (Å²) in [5, 5.41) is 0.221. The van der Waals surface area contributed by atoms with Crippen molar-refractivity contribution in [3.8, 4) is 40.6 Å². The summed E-state index contributed by atoms with van der Waals surface area (Å²) in [6.07, 6.45) is 0.777. The van der Waals surface area contributed by atoms with Gasteiger partial charge in [-0.25, -0.2) is 4.39 Å². The Bertz CT molecular complexity index is 1600. The standard InChI is InChI=1S/C38H38FO2Si/c1-6-33-25-30(13-10-24-40-28-38(2,3)42(4)5)18-22-35(33)36-23-19-31(26-37(36)39)15-14-29-16-20-34(21-17-29)41-27-32-11-8-7-9-12-32/h7-9,11-12,16-23,25-26H,6,24,27-28H2,1-5H3. The van der Waals surface area contributed by atoms with Crippen LogP contribution < -0.4 is 4.74 Å². The Hall–Kier alpha value is -4.09. The smallest absolute Gasteiger partial charge is 0.132 e. The van der Waals surface area contributed by atoms with Gasteiger partial charge in [-0.05, 0) is 76.7 Å². The van der Waals surface area contributed by atoms with Crippen molar-refractivity contribution in [2.45, 2.75) is 51.9 Å². The van der Waals surface area contributed by atoms with Crippen molar-refractivity contribution in [2.75, 3.05) is 13.2 Å².